The Balaban J connectivity index is 1.51. The third-order valence-electron chi connectivity index (χ3n) is 5.15. The number of likely N-dealkylation sites (N-methyl/N-ethyl adjacent to an activating group) is 1. The van der Waals surface area contributed by atoms with Gasteiger partial charge < -0.3 is 25.4 Å². The van der Waals surface area contributed by atoms with E-state index in [0.717, 1.165) is 32.1 Å². The highest BCUT2D eigenvalue weighted by molar-refractivity contribution is 5.77. The van der Waals surface area contributed by atoms with Crippen LogP contribution < -0.4 is 20.7 Å². The van der Waals surface area contributed by atoms with Crippen LogP contribution >= 0.6 is 0 Å². The van der Waals surface area contributed by atoms with Gasteiger partial charge in [0.1, 0.15) is 5.75 Å². The van der Waals surface area contributed by atoms with Gasteiger partial charge in [-0.3, -0.25) is 4.79 Å². The summed E-state index contributed by atoms with van der Waals surface area (Å²) in [6.45, 7) is 3.46. The maximum absolute atomic E-state index is 11.3. The summed E-state index contributed by atoms with van der Waals surface area (Å²) < 4.78 is 11.2. The van der Waals surface area contributed by atoms with Crippen LogP contribution in [-0.2, 0) is 16.1 Å². The van der Waals surface area contributed by atoms with E-state index in [9.17, 15) is 4.79 Å². The number of amides is 1. The Labute approximate surface area is 149 Å². The fraction of sp³-hybridized carbons (Fsp3) is 0.632. The Morgan fingerprint density at radius 1 is 1.40 bits per heavy atom. The van der Waals surface area contributed by atoms with Crippen LogP contribution in [0.25, 0.3) is 0 Å². The Bertz CT molecular complexity index is 561. The largest absolute Gasteiger partial charge is 0.484 e. The van der Waals surface area contributed by atoms with Gasteiger partial charge in [0.25, 0.3) is 5.91 Å². The maximum Gasteiger partial charge on any atom is 0.257 e. The summed E-state index contributed by atoms with van der Waals surface area (Å²) in [6.07, 6.45) is 3.75. The Morgan fingerprint density at radius 2 is 2.32 bits per heavy atom. The first-order valence-electron chi connectivity index (χ1n) is 9.23. The number of carbonyl (C=O) groups excluding carboxylic acids is 1. The molecule has 0 aromatic heterocycles. The topological polar surface area (TPSA) is 71.6 Å². The van der Waals surface area contributed by atoms with Crippen molar-refractivity contribution in [2.75, 3.05) is 33.4 Å². The number of morpholine rings is 1. The molecular weight excluding hydrogens is 318 g/mol. The number of nitrogens with one attached hydrogen (secondary N) is 3. The van der Waals surface area contributed by atoms with Gasteiger partial charge in [0.05, 0.1) is 13.2 Å². The predicted molar refractivity (Wildman–Crippen MR) is 96.6 cm³/mol. The van der Waals surface area contributed by atoms with Crippen molar-refractivity contribution in [3.05, 3.63) is 29.8 Å². The van der Waals surface area contributed by atoms with Crippen LogP contribution in [-0.4, -0.2) is 51.4 Å². The van der Waals surface area contributed by atoms with Crippen LogP contribution in [0, 0.1) is 5.92 Å². The van der Waals surface area contributed by atoms with Crippen LogP contribution in [0.1, 0.15) is 24.8 Å². The lowest BCUT2D eigenvalue weighted by Crippen LogP contribution is -2.50. The van der Waals surface area contributed by atoms with Gasteiger partial charge in [-0.05, 0) is 36.5 Å². The molecule has 2 fully saturated rings. The van der Waals surface area contributed by atoms with Gasteiger partial charge in [0.15, 0.2) is 6.61 Å². The van der Waals surface area contributed by atoms with Crippen molar-refractivity contribution < 1.29 is 14.3 Å². The molecule has 1 aromatic carbocycles. The van der Waals surface area contributed by atoms with Gasteiger partial charge in [0.2, 0.25) is 0 Å². The number of rotatable bonds is 7. The van der Waals surface area contributed by atoms with E-state index in [1.807, 2.05) is 18.2 Å². The second-order valence-electron chi connectivity index (χ2n) is 6.83. The number of benzene rings is 1. The molecule has 3 unspecified atom stereocenters. The summed E-state index contributed by atoms with van der Waals surface area (Å²) in [7, 11) is 1.61. The normalized spacial score (nSPS) is 26.4. The minimum absolute atomic E-state index is 0.0471. The second kappa shape index (κ2) is 9.17. The predicted octanol–water partition coefficient (Wildman–Crippen LogP) is 1.06. The lowest BCUT2D eigenvalue weighted by molar-refractivity contribution is -0.122. The summed E-state index contributed by atoms with van der Waals surface area (Å²) in [5.74, 6) is 1.24. The lowest BCUT2D eigenvalue weighted by Gasteiger charge is -2.33. The van der Waals surface area contributed by atoms with E-state index in [1.165, 1.54) is 24.8 Å². The molecule has 6 heteroatoms. The van der Waals surface area contributed by atoms with E-state index in [2.05, 4.69) is 22.0 Å². The lowest BCUT2D eigenvalue weighted by atomic mass is 9.94. The zero-order valence-corrected chi connectivity index (χ0v) is 14.9. The summed E-state index contributed by atoms with van der Waals surface area (Å²) in [5.41, 5.74) is 1.17. The van der Waals surface area contributed by atoms with Crippen LogP contribution in [0.15, 0.2) is 24.3 Å². The van der Waals surface area contributed by atoms with E-state index in [1.54, 1.807) is 7.05 Å². The molecule has 25 heavy (non-hydrogen) atoms. The quantitative estimate of drug-likeness (QED) is 0.688. The van der Waals surface area contributed by atoms with Gasteiger partial charge in [-0.25, -0.2) is 0 Å². The third-order valence-corrected chi connectivity index (χ3v) is 5.15. The molecule has 138 valence electrons. The molecule has 3 atom stereocenters. The third kappa shape index (κ3) is 5.17. The van der Waals surface area contributed by atoms with Crippen molar-refractivity contribution in [1.29, 1.82) is 0 Å². The zero-order chi connectivity index (χ0) is 17.5. The SMILES string of the molecule is CNC(=O)COc1cccc(CNC2CCCC2C2COCCN2)c1. The molecular formula is C19H29N3O3. The molecule has 0 bridgehead atoms. The van der Waals surface area contributed by atoms with Crippen LogP contribution in [0.4, 0.5) is 0 Å². The van der Waals surface area contributed by atoms with E-state index < -0.39 is 0 Å². The summed E-state index contributed by atoms with van der Waals surface area (Å²) in [5, 5.41) is 9.88. The van der Waals surface area contributed by atoms with E-state index >= 15 is 0 Å². The molecule has 3 rings (SSSR count). The van der Waals surface area contributed by atoms with Crippen molar-refractivity contribution in [3.8, 4) is 5.75 Å². The minimum atomic E-state index is -0.125. The molecule has 1 aromatic rings. The molecule has 1 aliphatic heterocycles. The van der Waals surface area contributed by atoms with Crippen molar-refractivity contribution in [2.45, 2.75) is 37.9 Å². The molecule has 0 spiro atoms. The molecule has 1 aliphatic carbocycles. The minimum Gasteiger partial charge on any atom is -0.484 e. The summed E-state index contributed by atoms with van der Waals surface area (Å²) in [4.78, 5) is 11.3. The Morgan fingerprint density at radius 3 is 3.12 bits per heavy atom. The molecule has 6 nitrogen and oxygen atoms in total. The number of carbonyl (C=O) groups is 1. The van der Waals surface area contributed by atoms with Gasteiger partial charge in [-0.15, -0.1) is 0 Å². The first kappa shape index (κ1) is 18.2. The van der Waals surface area contributed by atoms with Crippen LogP contribution in [0.2, 0.25) is 0 Å². The Kier molecular flexibility index (Phi) is 6.67. The van der Waals surface area contributed by atoms with Crippen molar-refractivity contribution in [3.63, 3.8) is 0 Å². The average molecular weight is 347 g/mol. The smallest absolute Gasteiger partial charge is 0.257 e. The number of ether oxygens (including phenoxy) is 2. The van der Waals surface area contributed by atoms with Crippen molar-refractivity contribution in [1.82, 2.24) is 16.0 Å². The highest BCUT2D eigenvalue weighted by atomic mass is 16.5. The molecule has 1 amide bonds. The van der Waals surface area contributed by atoms with Crippen molar-refractivity contribution in [2.24, 2.45) is 5.92 Å². The molecule has 0 radical (unpaired) electrons. The molecule has 3 N–H and O–H groups in total. The second-order valence-corrected chi connectivity index (χ2v) is 6.83. The first-order valence-corrected chi connectivity index (χ1v) is 9.23. The van der Waals surface area contributed by atoms with E-state index in [4.69, 9.17) is 9.47 Å². The zero-order valence-electron chi connectivity index (χ0n) is 14.9. The Hall–Kier alpha value is -1.63. The van der Waals surface area contributed by atoms with Crippen molar-refractivity contribution >= 4 is 5.91 Å². The fourth-order valence-electron chi connectivity index (χ4n) is 3.80. The summed E-state index contributed by atoms with van der Waals surface area (Å²) >= 11 is 0. The van der Waals surface area contributed by atoms with E-state index in [-0.39, 0.29) is 12.5 Å². The monoisotopic (exact) mass is 347 g/mol. The van der Waals surface area contributed by atoms with E-state index in [0.29, 0.717) is 18.0 Å². The van der Waals surface area contributed by atoms with Gasteiger partial charge in [0, 0.05) is 32.2 Å². The molecule has 1 saturated heterocycles. The maximum atomic E-state index is 11.3. The van der Waals surface area contributed by atoms with Gasteiger partial charge >= 0.3 is 0 Å². The fourth-order valence-corrected chi connectivity index (χ4v) is 3.80. The highest BCUT2D eigenvalue weighted by Gasteiger charge is 2.34. The summed E-state index contributed by atoms with van der Waals surface area (Å²) in [6, 6.07) is 8.94. The number of hydrogen-bond donors (Lipinski definition) is 3. The first-order chi connectivity index (χ1) is 12.3. The highest BCUT2D eigenvalue weighted by Crippen LogP contribution is 2.29. The van der Waals surface area contributed by atoms with Gasteiger partial charge in [-0.1, -0.05) is 18.6 Å². The molecule has 1 heterocycles. The molecule has 2 aliphatic rings. The average Bonchev–Trinajstić information content (AvgIpc) is 3.14. The molecule has 1 saturated carbocycles. The van der Waals surface area contributed by atoms with Crippen LogP contribution in [0.3, 0.4) is 0 Å². The van der Waals surface area contributed by atoms with Crippen LogP contribution in [0.5, 0.6) is 5.75 Å². The van der Waals surface area contributed by atoms with Gasteiger partial charge in [-0.2, -0.15) is 0 Å². The number of hydrogen-bond acceptors (Lipinski definition) is 5. The standard InChI is InChI=1S/C19H29N3O3/c1-20-19(23)13-25-15-5-2-4-14(10-15)11-22-17-7-3-6-16(17)18-12-24-9-8-21-18/h2,4-5,10,16-18,21-22H,3,6-9,11-13H2,1H3,(H,20,23).